The minimum Gasteiger partial charge on any atom is -0.449 e. The van der Waals surface area contributed by atoms with E-state index in [-0.39, 0.29) is 17.6 Å². The number of fused-ring (bicyclic) bond motifs is 2. The maximum atomic E-state index is 12.1. The second-order valence-electron chi connectivity index (χ2n) is 7.76. The third-order valence-electron chi connectivity index (χ3n) is 6.19. The van der Waals surface area contributed by atoms with Crippen molar-refractivity contribution in [1.82, 2.24) is 5.32 Å². The van der Waals surface area contributed by atoms with Gasteiger partial charge in [-0.15, -0.1) is 0 Å². The second kappa shape index (κ2) is 8.88. The van der Waals surface area contributed by atoms with Crippen LogP contribution in [0, 0.1) is 23.2 Å². The molecule has 1 fully saturated rings. The number of ether oxygens (including phenoxy) is 2. The molecular formula is C21H35NO3. The van der Waals surface area contributed by atoms with Crippen molar-refractivity contribution >= 4 is 6.09 Å². The molecular weight excluding hydrogens is 314 g/mol. The maximum absolute atomic E-state index is 12.1. The minimum atomic E-state index is -0.303. The Morgan fingerprint density at radius 3 is 2.88 bits per heavy atom. The van der Waals surface area contributed by atoms with Gasteiger partial charge in [-0.05, 0) is 32.1 Å². The number of nitrogens with one attached hydrogen (secondary N) is 1. The van der Waals surface area contributed by atoms with Crippen LogP contribution >= 0.6 is 0 Å². The molecule has 0 aromatic rings. The molecule has 2 aliphatic rings. The number of alkyl carbamates (subject to hydrolysis) is 1. The fourth-order valence-electron chi connectivity index (χ4n) is 4.49. The summed E-state index contributed by atoms with van der Waals surface area (Å²) in [5.74, 6) is 1.10. The molecule has 25 heavy (non-hydrogen) atoms. The van der Waals surface area contributed by atoms with Crippen LogP contribution in [-0.4, -0.2) is 32.0 Å². The zero-order valence-electron chi connectivity index (χ0n) is 16.5. The van der Waals surface area contributed by atoms with Crippen LogP contribution in [0.3, 0.4) is 0 Å². The Balaban J connectivity index is 2.02. The second-order valence-corrected chi connectivity index (χ2v) is 7.76. The Kier molecular flexibility index (Phi) is 7.12. The molecule has 1 aliphatic carbocycles. The molecule has 1 amide bonds. The van der Waals surface area contributed by atoms with Crippen LogP contribution in [0.15, 0.2) is 23.8 Å². The minimum absolute atomic E-state index is 0.125. The van der Waals surface area contributed by atoms with Crippen LogP contribution in [0.1, 0.15) is 53.9 Å². The Labute approximate surface area is 153 Å². The molecule has 4 nitrogen and oxygen atoms in total. The quantitative estimate of drug-likeness (QED) is 0.535. The van der Waals surface area contributed by atoms with Crippen molar-refractivity contribution in [3.63, 3.8) is 0 Å². The highest BCUT2D eigenvalue weighted by molar-refractivity contribution is 5.67. The number of unbranched alkanes of at least 4 members (excludes halogenated alkanes) is 2. The summed E-state index contributed by atoms with van der Waals surface area (Å²) in [6, 6.07) is 0. The number of allylic oxidation sites excluding steroid dienone is 2. The Morgan fingerprint density at radius 2 is 2.20 bits per heavy atom. The largest absolute Gasteiger partial charge is 0.449 e. The first-order chi connectivity index (χ1) is 12.0. The average Bonchev–Trinajstić information content (AvgIpc) is 2.57. The van der Waals surface area contributed by atoms with Gasteiger partial charge in [0.15, 0.2) is 0 Å². The molecule has 0 aromatic heterocycles. The van der Waals surface area contributed by atoms with Crippen LogP contribution < -0.4 is 5.32 Å². The highest BCUT2D eigenvalue weighted by Gasteiger charge is 2.53. The van der Waals surface area contributed by atoms with Crippen LogP contribution in [0.4, 0.5) is 4.79 Å². The van der Waals surface area contributed by atoms with Crippen molar-refractivity contribution in [1.29, 1.82) is 0 Å². The van der Waals surface area contributed by atoms with Gasteiger partial charge in [0.2, 0.25) is 0 Å². The summed E-state index contributed by atoms with van der Waals surface area (Å²) in [5, 5.41) is 2.87. The van der Waals surface area contributed by atoms with E-state index in [9.17, 15) is 4.79 Å². The molecule has 0 aromatic carbocycles. The Morgan fingerprint density at radius 1 is 1.44 bits per heavy atom. The standard InChI is InChI=1S/C21H35NO3/c1-6-8-9-11-22-20(23)25-14-21-13-24-18(10-7-2)19(17(21)5)15(3)12-16(21)4/h7,10,12,16-19H,6,8-9,11,13-14H2,1-5H3,(H,22,23)/b10-7+/t16-,17-,18-,19+,21+/m0/s1. The average molecular weight is 350 g/mol. The van der Waals surface area contributed by atoms with E-state index in [1.54, 1.807) is 0 Å². The fraction of sp³-hybridized carbons (Fsp3) is 0.762. The van der Waals surface area contributed by atoms with Crippen LogP contribution in [0.2, 0.25) is 0 Å². The summed E-state index contributed by atoms with van der Waals surface area (Å²) >= 11 is 0. The number of amides is 1. The first-order valence-corrected chi connectivity index (χ1v) is 9.79. The predicted molar refractivity (Wildman–Crippen MR) is 101 cm³/mol. The smallest absolute Gasteiger partial charge is 0.407 e. The van der Waals surface area contributed by atoms with Gasteiger partial charge in [-0.25, -0.2) is 4.79 Å². The first-order valence-electron chi connectivity index (χ1n) is 9.79. The van der Waals surface area contributed by atoms with E-state index in [0.717, 1.165) is 19.3 Å². The lowest BCUT2D eigenvalue weighted by Gasteiger charge is -2.54. The van der Waals surface area contributed by atoms with Gasteiger partial charge >= 0.3 is 6.09 Å². The van der Waals surface area contributed by atoms with Crippen molar-refractivity contribution in [2.45, 2.75) is 60.0 Å². The van der Waals surface area contributed by atoms with Crippen molar-refractivity contribution in [3.05, 3.63) is 23.8 Å². The van der Waals surface area contributed by atoms with E-state index in [1.807, 2.05) is 6.92 Å². The van der Waals surface area contributed by atoms with Gasteiger partial charge in [0, 0.05) is 17.9 Å². The summed E-state index contributed by atoms with van der Waals surface area (Å²) in [6.45, 7) is 12.6. The first kappa shape index (κ1) is 20.0. The molecule has 0 unspecified atom stereocenters. The Hall–Kier alpha value is -1.29. The molecule has 142 valence electrons. The lowest BCUT2D eigenvalue weighted by Crippen LogP contribution is -2.56. The van der Waals surface area contributed by atoms with Gasteiger partial charge in [-0.1, -0.05) is 57.4 Å². The number of rotatable bonds is 7. The Bertz CT molecular complexity index is 513. The summed E-state index contributed by atoms with van der Waals surface area (Å²) in [6.07, 6.45) is 9.67. The molecule has 5 atom stereocenters. The number of hydrogen-bond donors (Lipinski definition) is 1. The van der Waals surface area contributed by atoms with Crippen LogP contribution in [-0.2, 0) is 9.47 Å². The van der Waals surface area contributed by atoms with Crippen LogP contribution in [0.25, 0.3) is 0 Å². The van der Waals surface area contributed by atoms with E-state index >= 15 is 0 Å². The fourth-order valence-corrected chi connectivity index (χ4v) is 4.49. The molecule has 4 heteroatoms. The molecule has 1 heterocycles. The van der Waals surface area contributed by atoms with Gasteiger partial charge < -0.3 is 14.8 Å². The summed E-state index contributed by atoms with van der Waals surface area (Å²) in [5.41, 5.74) is 1.26. The summed E-state index contributed by atoms with van der Waals surface area (Å²) in [4.78, 5) is 12.1. The predicted octanol–water partition coefficient (Wildman–Crippen LogP) is 4.71. The zero-order chi connectivity index (χ0) is 18.4. The van der Waals surface area contributed by atoms with Gasteiger partial charge in [-0.3, -0.25) is 0 Å². The monoisotopic (exact) mass is 349 g/mol. The van der Waals surface area contributed by atoms with Gasteiger partial charge in [0.1, 0.15) is 6.61 Å². The molecule has 0 spiro atoms. The third-order valence-corrected chi connectivity index (χ3v) is 6.19. The van der Waals surface area contributed by atoms with E-state index in [0.29, 0.717) is 37.5 Å². The summed E-state index contributed by atoms with van der Waals surface area (Å²) < 4.78 is 11.8. The topological polar surface area (TPSA) is 47.6 Å². The molecule has 1 saturated heterocycles. The van der Waals surface area contributed by atoms with Gasteiger partial charge in [0.05, 0.1) is 12.7 Å². The number of carbonyl (C=O) groups is 1. The number of hydrogen-bond acceptors (Lipinski definition) is 3. The number of carbonyl (C=O) groups excluding carboxylic acids is 1. The van der Waals surface area contributed by atoms with E-state index < -0.39 is 0 Å². The molecule has 0 saturated carbocycles. The van der Waals surface area contributed by atoms with E-state index in [1.165, 1.54) is 5.57 Å². The molecule has 2 bridgehead atoms. The van der Waals surface area contributed by atoms with Crippen LogP contribution in [0.5, 0.6) is 0 Å². The van der Waals surface area contributed by atoms with E-state index in [4.69, 9.17) is 9.47 Å². The molecule has 1 aliphatic heterocycles. The maximum Gasteiger partial charge on any atom is 0.407 e. The zero-order valence-corrected chi connectivity index (χ0v) is 16.5. The highest BCUT2D eigenvalue weighted by atomic mass is 16.6. The molecule has 1 N–H and O–H groups in total. The third kappa shape index (κ3) is 4.28. The van der Waals surface area contributed by atoms with Gasteiger partial charge in [-0.2, -0.15) is 0 Å². The van der Waals surface area contributed by atoms with Crippen molar-refractivity contribution in [2.75, 3.05) is 19.8 Å². The lowest BCUT2D eigenvalue weighted by atomic mass is 9.56. The van der Waals surface area contributed by atoms with Crippen molar-refractivity contribution in [2.24, 2.45) is 23.2 Å². The van der Waals surface area contributed by atoms with E-state index in [2.05, 4.69) is 51.2 Å². The lowest BCUT2D eigenvalue weighted by molar-refractivity contribution is -0.149. The van der Waals surface area contributed by atoms with Gasteiger partial charge in [0.25, 0.3) is 0 Å². The normalized spacial score (nSPS) is 34.7. The SMILES string of the molecule is C/C=C/[C@@H]1OC[C@@]2(COC(=O)NCCCCC)[C@@H](C)C=C(C)[C@@H]1[C@@H]2C. The van der Waals surface area contributed by atoms with Crippen molar-refractivity contribution in [3.8, 4) is 0 Å². The molecule has 2 rings (SSSR count). The molecule has 0 radical (unpaired) electrons. The highest BCUT2D eigenvalue weighted by Crippen LogP contribution is 2.52. The van der Waals surface area contributed by atoms with Crippen molar-refractivity contribution < 1.29 is 14.3 Å². The summed E-state index contributed by atoms with van der Waals surface area (Å²) in [7, 11) is 0.